The first-order chi connectivity index (χ1) is 7.24. The molecule has 2 fully saturated rings. The van der Waals surface area contributed by atoms with Gasteiger partial charge in [0.05, 0.1) is 0 Å². The molecule has 2 saturated carbocycles. The number of rotatable bonds is 2. The van der Waals surface area contributed by atoms with Crippen molar-refractivity contribution in [2.45, 2.75) is 70.0 Å². The first kappa shape index (κ1) is 11.4. The van der Waals surface area contributed by atoms with Crippen molar-refractivity contribution in [2.75, 3.05) is 0 Å². The van der Waals surface area contributed by atoms with Crippen molar-refractivity contribution in [2.24, 2.45) is 17.6 Å². The van der Waals surface area contributed by atoms with Crippen LogP contribution in [-0.4, -0.2) is 12.2 Å². The summed E-state index contributed by atoms with van der Waals surface area (Å²) in [5, 5.41) is 0. The monoisotopic (exact) mass is 213 g/mol. The minimum atomic E-state index is -0.499. The third-order valence-corrected chi connectivity index (χ3v) is 4.33. The Morgan fingerprint density at radius 2 is 1.27 bits per heavy atom. The Hall–Kier alpha value is -0.110. The molecule has 0 radical (unpaired) electrons. The van der Waals surface area contributed by atoms with Gasteiger partial charge >= 0.3 is 0 Å². The van der Waals surface area contributed by atoms with Gasteiger partial charge in [-0.15, -0.1) is 0 Å². The first-order valence-electron chi connectivity index (χ1n) is 6.63. The van der Waals surface area contributed by atoms with Crippen molar-refractivity contribution < 1.29 is 4.39 Å². The van der Waals surface area contributed by atoms with Gasteiger partial charge in [0.15, 0.2) is 0 Å². The van der Waals surface area contributed by atoms with Crippen LogP contribution >= 0.6 is 0 Å². The second kappa shape index (κ2) is 5.29. The molecule has 0 saturated heterocycles. The molecule has 0 unspecified atom stereocenters. The quantitative estimate of drug-likeness (QED) is 0.747. The van der Waals surface area contributed by atoms with E-state index in [2.05, 4.69) is 0 Å². The summed E-state index contributed by atoms with van der Waals surface area (Å²) in [7, 11) is 0. The van der Waals surface area contributed by atoms with Gasteiger partial charge in [-0.1, -0.05) is 0 Å². The van der Waals surface area contributed by atoms with E-state index in [1.54, 1.807) is 0 Å². The third kappa shape index (κ3) is 3.44. The predicted molar refractivity (Wildman–Crippen MR) is 61.4 cm³/mol. The van der Waals surface area contributed by atoms with Gasteiger partial charge in [0, 0.05) is 6.04 Å². The fourth-order valence-corrected chi connectivity index (χ4v) is 3.25. The van der Waals surface area contributed by atoms with Gasteiger partial charge in [0.2, 0.25) is 0 Å². The molecule has 15 heavy (non-hydrogen) atoms. The van der Waals surface area contributed by atoms with E-state index in [0.717, 1.165) is 37.5 Å². The van der Waals surface area contributed by atoms with Gasteiger partial charge in [0.1, 0.15) is 6.17 Å². The van der Waals surface area contributed by atoms with Gasteiger partial charge in [-0.2, -0.15) is 0 Å². The Kier molecular flexibility index (Phi) is 4.01. The van der Waals surface area contributed by atoms with Crippen LogP contribution in [0.2, 0.25) is 0 Å². The number of alkyl halides is 1. The maximum atomic E-state index is 13.0. The Balaban J connectivity index is 1.68. The van der Waals surface area contributed by atoms with Crippen molar-refractivity contribution in [3.8, 4) is 0 Å². The van der Waals surface area contributed by atoms with E-state index in [1.165, 1.54) is 32.1 Å². The summed E-state index contributed by atoms with van der Waals surface area (Å²) in [5.74, 6) is 1.71. The van der Waals surface area contributed by atoms with E-state index < -0.39 is 6.17 Å². The zero-order chi connectivity index (χ0) is 10.7. The maximum Gasteiger partial charge on any atom is 0.100 e. The highest BCUT2D eigenvalue weighted by atomic mass is 19.1. The van der Waals surface area contributed by atoms with Crippen LogP contribution in [0, 0.1) is 11.8 Å². The lowest BCUT2D eigenvalue weighted by Gasteiger charge is -2.31. The summed E-state index contributed by atoms with van der Waals surface area (Å²) in [6.45, 7) is 0. The number of halogens is 1. The Bertz CT molecular complexity index is 159. The zero-order valence-corrected chi connectivity index (χ0v) is 9.63. The van der Waals surface area contributed by atoms with Crippen LogP contribution in [0.3, 0.4) is 0 Å². The molecular weight excluding hydrogens is 189 g/mol. The van der Waals surface area contributed by atoms with Crippen LogP contribution in [0.1, 0.15) is 57.8 Å². The molecular formula is C13H24FN. The van der Waals surface area contributed by atoms with Gasteiger partial charge in [-0.3, -0.25) is 0 Å². The Morgan fingerprint density at radius 1 is 0.800 bits per heavy atom. The summed E-state index contributed by atoms with van der Waals surface area (Å²) in [6.07, 6.45) is 9.79. The largest absolute Gasteiger partial charge is 0.328 e. The molecule has 2 aliphatic carbocycles. The molecule has 2 N–H and O–H groups in total. The average Bonchev–Trinajstić information content (AvgIpc) is 2.25. The van der Waals surface area contributed by atoms with Gasteiger partial charge in [-0.25, -0.2) is 4.39 Å². The summed E-state index contributed by atoms with van der Waals surface area (Å²) < 4.78 is 13.0. The Labute approximate surface area is 92.6 Å². The van der Waals surface area contributed by atoms with Crippen molar-refractivity contribution >= 4 is 0 Å². The molecule has 0 bridgehead atoms. The lowest BCUT2D eigenvalue weighted by atomic mass is 9.76. The number of hydrogen-bond acceptors (Lipinski definition) is 1. The molecule has 2 aliphatic rings. The molecule has 2 rings (SSSR count). The topological polar surface area (TPSA) is 26.0 Å². The number of nitrogens with two attached hydrogens (primary N) is 1. The van der Waals surface area contributed by atoms with E-state index in [0.29, 0.717) is 6.04 Å². The van der Waals surface area contributed by atoms with E-state index >= 15 is 0 Å². The van der Waals surface area contributed by atoms with Crippen LogP contribution in [0.15, 0.2) is 0 Å². The van der Waals surface area contributed by atoms with E-state index in [-0.39, 0.29) is 0 Å². The average molecular weight is 213 g/mol. The standard InChI is InChI=1S/C13H24FN/c14-12-5-1-10(2-6-12)9-11-3-7-13(15)8-4-11/h10-13H,1-9,15H2. The molecule has 0 atom stereocenters. The Morgan fingerprint density at radius 3 is 1.80 bits per heavy atom. The minimum absolute atomic E-state index is 0.461. The molecule has 88 valence electrons. The highest BCUT2D eigenvalue weighted by molar-refractivity contribution is 4.79. The summed E-state index contributed by atoms with van der Waals surface area (Å²) in [5.41, 5.74) is 5.90. The van der Waals surface area contributed by atoms with Gasteiger partial charge < -0.3 is 5.73 Å². The van der Waals surface area contributed by atoms with E-state index in [9.17, 15) is 4.39 Å². The molecule has 1 nitrogen and oxygen atoms in total. The second-order valence-electron chi connectivity index (χ2n) is 5.63. The SMILES string of the molecule is NC1CCC(CC2CCC(F)CC2)CC1. The first-order valence-corrected chi connectivity index (χ1v) is 6.63. The maximum absolute atomic E-state index is 13.0. The highest BCUT2D eigenvalue weighted by Gasteiger charge is 2.25. The number of hydrogen-bond donors (Lipinski definition) is 1. The molecule has 0 heterocycles. The normalized spacial score (nSPS) is 42.8. The molecule has 0 spiro atoms. The highest BCUT2D eigenvalue weighted by Crippen LogP contribution is 2.35. The van der Waals surface area contributed by atoms with Crippen molar-refractivity contribution in [1.29, 1.82) is 0 Å². The van der Waals surface area contributed by atoms with Crippen molar-refractivity contribution in [1.82, 2.24) is 0 Å². The summed E-state index contributed by atoms with van der Waals surface area (Å²) in [4.78, 5) is 0. The lowest BCUT2D eigenvalue weighted by molar-refractivity contribution is 0.173. The molecule has 0 aromatic carbocycles. The van der Waals surface area contributed by atoms with Crippen LogP contribution in [0.25, 0.3) is 0 Å². The third-order valence-electron chi connectivity index (χ3n) is 4.33. The smallest absolute Gasteiger partial charge is 0.100 e. The van der Waals surface area contributed by atoms with Crippen molar-refractivity contribution in [3.05, 3.63) is 0 Å². The van der Waals surface area contributed by atoms with E-state index in [4.69, 9.17) is 5.73 Å². The zero-order valence-electron chi connectivity index (χ0n) is 9.63. The van der Waals surface area contributed by atoms with Gasteiger partial charge in [-0.05, 0) is 69.6 Å². The molecule has 0 amide bonds. The van der Waals surface area contributed by atoms with Crippen LogP contribution in [-0.2, 0) is 0 Å². The summed E-state index contributed by atoms with van der Waals surface area (Å²) in [6, 6.07) is 0.461. The predicted octanol–water partition coefficient (Wildman–Crippen LogP) is 3.42. The summed E-state index contributed by atoms with van der Waals surface area (Å²) >= 11 is 0. The minimum Gasteiger partial charge on any atom is -0.328 e. The van der Waals surface area contributed by atoms with Gasteiger partial charge in [0.25, 0.3) is 0 Å². The van der Waals surface area contributed by atoms with Crippen LogP contribution in [0.5, 0.6) is 0 Å². The molecule has 0 aliphatic heterocycles. The molecule has 0 aromatic heterocycles. The lowest BCUT2D eigenvalue weighted by Crippen LogP contribution is -2.28. The van der Waals surface area contributed by atoms with Crippen LogP contribution < -0.4 is 5.73 Å². The van der Waals surface area contributed by atoms with Crippen molar-refractivity contribution in [3.63, 3.8) is 0 Å². The molecule has 0 aromatic rings. The van der Waals surface area contributed by atoms with Crippen LogP contribution in [0.4, 0.5) is 4.39 Å². The fraction of sp³-hybridized carbons (Fsp3) is 1.00. The second-order valence-corrected chi connectivity index (χ2v) is 5.63. The van der Waals surface area contributed by atoms with E-state index in [1.807, 2.05) is 0 Å². The molecule has 2 heteroatoms. The fourth-order valence-electron chi connectivity index (χ4n) is 3.25.